The first kappa shape index (κ1) is 8.94. The topological polar surface area (TPSA) is 38.7 Å². The Bertz CT molecular complexity index is 370. The molecule has 1 aliphatic rings. The van der Waals surface area contributed by atoms with Crippen LogP contribution in [0, 0.1) is 5.92 Å². The highest BCUT2D eigenvalue weighted by Gasteiger charge is 2.31. The predicted molar refractivity (Wildman–Crippen MR) is 52.9 cm³/mol. The number of carbonyl (C=O) groups excluding carboxylic acids is 1. The van der Waals surface area contributed by atoms with Gasteiger partial charge in [-0.3, -0.25) is 0 Å². The van der Waals surface area contributed by atoms with E-state index in [4.69, 9.17) is 0 Å². The largest absolute Gasteiger partial charge is 0.344 e. The summed E-state index contributed by atoms with van der Waals surface area (Å²) in [4.78, 5) is 15.9. The molecule has 1 heterocycles. The van der Waals surface area contributed by atoms with Crippen molar-refractivity contribution >= 4 is 11.7 Å². The van der Waals surface area contributed by atoms with E-state index < -0.39 is 0 Å². The number of benzene rings is 1. The van der Waals surface area contributed by atoms with Crippen LogP contribution in [0.1, 0.15) is 18.9 Å². The summed E-state index contributed by atoms with van der Waals surface area (Å²) >= 11 is 0. The Kier molecular flexibility index (Phi) is 2.31. The number of hydrogen-bond donors (Lipinski definition) is 0. The molecular weight excluding hydrogens is 178 g/mol. The molecule has 0 N–H and O–H groups in total. The molecule has 0 spiro atoms. The summed E-state index contributed by atoms with van der Waals surface area (Å²) in [6, 6.07) is 9.65. The maximum Gasteiger partial charge on any atom is 0.344 e. The minimum absolute atomic E-state index is 0.197. The first-order valence-electron chi connectivity index (χ1n) is 4.67. The van der Waals surface area contributed by atoms with Gasteiger partial charge in [0.05, 0.1) is 0 Å². The Morgan fingerprint density at radius 3 is 2.71 bits per heavy atom. The fourth-order valence-electron chi connectivity index (χ4n) is 1.56. The molecule has 1 aliphatic heterocycles. The van der Waals surface area contributed by atoms with Gasteiger partial charge in [0.15, 0.2) is 0 Å². The number of nitrogens with zero attached hydrogens (tertiary/aromatic N) is 1. The van der Waals surface area contributed by atoms with Gasteiger partial charge in [0.2, 0.25) is 0 Å². The quantitative estimate of drug-likeness (QED) is 0.667. The van der Waals surface area contributed by atoms with Gasteiger partial charge in [-0.15, -0.1) is 0 Å². The molecule has 0 saturated heterocycles. The summed E-state index contributed by atoms with van der Waals surface area (Å²) < 4.78 is 0. The standard InChI is InChI=1S/C11H11NO2/c1-2-9-10(12-14-11(9)13)8-6-4-3-5-7-8/h3-7,9H,2H2,1H3. The first-order chi connectivity index (χ1) is 6.83. The van der Waals surface area contributed by atoms with Crippen molar-refractivity contribution in [1.29, 1.82) is 0 Å². The van der Waals surface area contributed by atoms with Crippen molar-refractivity contribution in [1.82, 2.24) is 0 Å². The van der Waals surface area contributed by atoms with Crippen LogP contribution in [0.3, 0.4) is 0 Å². The molecule has 0 radical (unpaired) electrons. The third-order valence-corrected chi connectivity index (χ3v) is 2.33. The Labute approximate surface area is 82.4 Å². The molecule has 0 fully saturated rings. The van der Waals surface area contributed by atoms with Crippen molar-refractivity contribution in [3.63, 3.8) is 0 Å². The molecule has 0 saturated carbocycles. The normalized spacial score (nSPS) is 20.5. The molecule has 1 aromatic rings. The average Bonchev–Trinajstić information content (AvgIpc) is 2.61. The third-order valence-electron chi connectivity index (χ3n) is 2.33. The second-order valence-corrected chi connectivity index (χ2v) is 3.21. The molecule has 0 amide bonds. The minimum atomic E-state index is -0.244. The van der Waals surface area contributed by atoms with Crippen molar-refractivity contribution in [3.8, 4) is 0 Å². The highest BCUT2D eigenvalue weighted by atomic mass is 16.7. The van der Waals surface area contributed by atoms with Crippen LogP contribution in [-0.4, -0.2) is 11.7 Å². The third kappa shape index (κ3) is 1.41. The zero-order valence-electron chi connectivity index (χ0n) is 7.93. The van der Waals surface area contributed by atoms with Crippen LogP contribution in [0.5, 0.6) is 0 Å². The maximum absolute atomic E-state index is 11.3. The molecule has 1 unspecified atom stereocenters. The lowest BCUT2D eigenvalue weighted by Gasteiger charge is -2.04. The second kappa shape index (κ2) is 3.62. The Hall–Kier alpha value is -1.64. The van der Waals surface area contributed by atoms with Crippen molar-refractivity contribution in [2.75, 3.05) is 0 Å². The van der Waals surface area contributed by atoms with E-state index >= 15 is 0 Å². The molecule has 1 atom stereocenters. The SMILES string of the molecule is CCC1C(=O)ON=C1c1ccccc1. The lowest BCUT2D eigenvalue weighted by molar-refractivity contribution is -0.143. The summed E-state index contributed by atoms with van der Waals surface area (Å²) in [7, 11) is 0. The summed E-state index contributed by atoms with van der Waals surface area (Å²) in [6.45, 7) is 1.95. The Morgan fingerprint density at radius 1 is 1.36 bits per heavy atom. The van der Waals surface area contributed by atoms with Crippen molar-refractivity contribution in [2.45, 2.75) is 13.3 Å². The molecule has 72 valence electrons. The van der Waals surface area contributed by atoms with Gasteiger partial charge in [-0.25, -0.2) is 4.79 Å². The summed E-state index contributed by atoms with van der Waals surface area (Å²) in [5.74, 6) is -0.441. The zero-order valence-corrected chi connectivity index (χ0v) is 7.93. The van der Waals surface area contributed by atoms with E-state index in [9.17, 15) is 4.79 Å². The van der Waals surface area contributed by atoms with Crippen LogP contribution in [0.2, 0.25) is 0 Å². The highest BCUT2D eigenvalue weighted by Crippen LogP contribution is 2.20. The van der Waals surface area contributed by atoms with Crippen molar-refractivity contribution < 1.29 is 9.63 Å². The van der Waals surface area contributed by atoms with Gasteiger partial charge in [-0.05, 0) is 6.42 Å². The molecule has 0 bridgehead atoms. The molecule has 14 heavy (non-hydrogen) atoms. The van der Waals surface area contributed by atoms with E-state index in [-0.39, 0.29) is 11.9 Å². The fraction of sp³-hybridized carbons (Fsp3) is 0.273. The smallest absolute Gasteiger partial charge is 0.317 e. The number of carbonyl (C=O) groups is 1. The van der Waals surface area contributed by atoms with Crippen LogP contribution < -0.4 is 0 Å². The Balaban J connectivity index is 2.32. The second-order valence-electron chi connectivity index (χ2n) is 3.21. The van der Waals surface area contributed by atoms with E-state index in [1.165, 1.54) is 0 Å². The van der Waals surface area contributed by atoms with Crippen molar-refractivity contribution in [3.05, 3.63) is 35.9 Å². The van der Waals surface area contributed by atoms with E-state index in [0.29, 0.717) is 0 Å². The van der Waals surface area contributed by atoms with Crippen LogP contribution in [0.4, 0.5) is 0 Å². The number of rotatable bonds is 2. The van der Waals surface area contributed by atoms with E-state index in [0.717, 1.165) is 17.7 Å². The van der Waals surface area contributed by atoms with E-state index in [1.807, 2.05) is 37.3 Å². The predicted octanol–water partition coefficient (Wildman–Crippen LogP) is 1.97. The lowest BCUT2D eigenvalue weighted by atomic mass is 9.95. The van der Waals surface area contributed by atoms with E-state index in [1.54, 1.807) is 0 Å². The molecule has 3 nitrogen and oxygen atoms in total. The number of hydrogen-bond acceptors (Lipinski definition) is 3. The van der Waals surface area contributed by atoms with Crippen LogP contribution >= 0.6 is 0 Å². The van der Waals surface area contributed by atoms with Gasteiger partial charge in [0.1, 0.15) is 11.6 Å². The molecule has 1 aromatic carbocycles. The monoisotopic (exact) mass is 189 g/mol. The molecule has 0 aliphatic carbocycles. The molecular formula is C11H11NO2. The van der Waals surface area contributed by atoms with Gasteiger partial charge in [-0.2, -0.15) is 0 Å². The van der Waals surface area contributed by atoms with Crippen molar-refractivity contribution in [2.24, 2.45) is 11.1 Å². The van der Waals surface area contributed by atoms with Crippen LogP contribution in [0.25, 0.3) is 0 Å². The lowest BCUT2D eigenvalue weighted by Crippen LogP contribution is -2.17. The summed E-state index contributed by atoms with van der Waals surface area (Å²) in [6.07, 6.45) is 0.729. The van der Waals surface area contributed by atoms with Gasteiger partial charge in [0, 0.05) is 5.56 Å². The van der Waals surface area contributed by atoms with Gasteiger partial charge >= 0.3 is 5.97 Å². The Morgan fingerprint density at radius 2 is 2.07 bits per heavy atom. The molecule has 0 aromatic heterocycles. The highest BCUT2D eigenvalue weighted by molar-refractivity contribution is 6.13. The summed E-state index contributed by atoms with van der Waals surface area (Å²) in [5, 5.41) is 3.81. The zero-order chi connectivity index (χ0) is 9.97. The van der Waals surface area contributed by atoms with Gasteiger partial charge in [0.25, 0.3) is 0 Å². The fourth-order valence-corrected chi connectivity index (χ4v) is 1.56. The van der Waals surface area contributed by atoms with E-state index in [2.05, 4.69) is 9.99 Å². The molecule has 3 heteroatoms. The molecule has 2 rings (SSSR count). The number of oxime groups is 1. The van der Waals surface area contributed by atoms with Crippen LogP contribution in [0.15, 0.2) is 35.5 Å². The minimum Gasteiger partial charge on any atom is -0.317 e. The first-order valence-corrected chi connectivity index (χ1v) is 4.67. The van der Waals surface area contributed by atoms with Gasteiger partial charge < -0.3 is 4.84 Å². The summed E-state index contributed by atoms with van der Waals surface area (Å²) in [5.41, 5.74) is 1.71. The van der Waals surface area contributed by atoms with Crippen LogP contribution in [-0.2, 0) is 9.63 Å². The van der Waals surface area contributed by atoms with Gasteiger partial charge in [-0.1, -0.05) is 42.4 Å². The maximum atomic E-state index is 11.3. The average molecular weight is 189 g/mol.